The van der Waals surface area contributed by atoms with Crippen LogP contribution in [0.25, 0.3) is 5.70 Å². The van der Waals surface area contributed by atoms with Crippen molar-refractivity contribution in [3.63, 3.8) is 0 Å². The van der Waals surface area contributed by atoms with Gasteiger partial charge in [0.25, 0.3) is 0 Å². The molecule has 3 aliphatic rings. The monoisotopic (exact) mass is 386 g/mol. The molecule has 1 aromatic rings. The first-order valence-electron chi connectivity index (χ1n) is 10.3. The van der Waals surface area contributed by atoms with Gasteiger partial charge >= 0.3 is 0 Å². The number of nitrogens with zero attached hydrogens (tertiary/aromatic N) is 2. The molecular weight excluding hydrogens is 356 g/mol. The van der Waals surface area contributed by atoms with Gasteiger partial charge in [-0.15, -0.1) is 0 Å². The zero-order valence-electron chi connectivity index (χ0n) is 16.6. The first-order chi connectivity index (χ1) is 13.7. The highest BCUT2D eigenvalue weighted by atomic mass is 16.6. The maximum atomic E-state index is 9.45. The van der Waals surface area contributed by atoms with Crippen LogP contribution in [-0.4, -0.2) is 67.8 Å². The van der Waals surface area contributed by atoms with Crippen molar-refractivity contribution in [2.75, 3.05) is 39.6 Å². The van der Waals surface area contributed by atoms with Crippen LogP contribution in [0.15, 0.2) is 29.3 Å². The summed E-state index contributed by atoms with van der Waals surface area (Å²) in [5.41, 5.74) is 5.22. The highest BCUT2D eigenvalue weighted by Gasteiger charge is 2.25. The summed E-state index contributed by atoms with van der Waals surface area (Å²) in [4.78, 5) is 6.88. The van der Waals surface area contributed by atoms with Crippen molar-refractivity contribution in [3.05, 3.63) is 41.0 Å². The van der Waals surface area contributed by atoms with Gasteiger partial charge in [-0.05, 0) is 43.7 Å². The van der Waals surface area contributed by atoms with Gasteiger partial charge in [0, 0.05) is 18.2 Å². The van der Waals surface area contributed by atoms with Gasteiger partial charge in [-0.25, -0.2) is 4.99 Å². The summed E-state index contributed by atoms with van der Waals surface area (Å²) in [5.74, 6) is 0.675. The second-order valence-electron chi connectivity index (χ2n) is 7.79. The van der Waals surface area contributed by atoms with Crippen LogP contribution in [0, 0.1) is 0 Å². The van der Waals surface area contributed by atoms with Crippen molar-refractivity contribution in [1.29, 1.82) is 0 Å². The maximum absolute atomic E-state index is 9.45. The Morgan fingerprint density at radius 2 is 2.29 bits per heavy atom. The van der Waals surface area contributed by atoms with Gasteiger partial charge in [-0.3, -0.25) is 0 Å². The quantitative estimate of drug-likeness (QED) is 0.813. The van der Waals surface area contributed by atoms with Crippen molar-refractivity contribution < 1.29 is 19.3 Å². The molecular formula is C22H30N2O4. The van der Waals surface area contributed by atoms with Gasteiger partial charge in [0.2, 0.25) is 5.90 Å². The number of aryl methyl sites for hydroxylation is 1. The number of hydrogen-bond acceptors (Lipinski definition) is 6. The molecule has 0 aliphatic carbocycles. The lowest BCUT2D eigenvalue weighted by atomic mass is 9.92. The van der Waals surface area contributed by atoms with Crippen LogP contribution in [0.4, 0.5) is 0 Å². The van der Waals surface area contributed by atoms with Crippen molar-refractivity contribution in [2.24, 2.45) is 4.99 Å². The lowest BCUT2D eigenvalue weighted by Gasteiger charge is -2.34. The van der Waals surface area contributed by atoms with Crippen LogP contribution in [0.5, 0.6) is 0 Å². The van der Waals surface area contributed by atoms with E-state index < -0.39 is 0 Å². The summed E-state index contributed by atoms with van der Waals surface area (Å²) in [5, 5.41) is 9.45. The van der Waals surface area contributed by atoms with E-state index in [1.807, 2.05) is 6.92 Å². The highest BCUT2D eigenvalue weighted by molar-refractivity contribution is 5.96. The fourth-order valence-electron chi connectivity index (χ4n) is 3.94. The van der Waals surface area contributed by atoms with Crippen LogP contribution in [0.2, 0.25) is 0 Å². The van der Waals surface area contributed by atoms with Gasteiger partial charge in [0.05, 0.1) is 31.6 Å². The summed E-state index contributed by atoms with van der Waals surface area (Å²) in [7, 11) is 0. The SMILES string of the molecule is CC(O)CCCc1ccc2c(c1)CCN1CN=C(OC[C@@H]3COCCO3)C=C21. The average molecular weight is 386 g/mol. The molecule has 0 bridgehead atoms. The predicted molar refractivity (Wildman–Crippen MR) is 108 cm³/mol. The van der Waals surface area contributed by atoms with Crippen LogP contribution < -0.4 is 0 Å². The lowest BCUT2D eigenvalue weighted by Crippen LogP contribution is -2.35. The molecule has 0 spiro atoms. The Morgan fingerprint density at radius 1 is 1.36 bits per heavy atom. The Hall–Kier alpha value is -1.89. The van der Waals surface area contributed by atoms with Gasteiger partial charge < -0.3 is 24.2 Å². The molecule has 1 aromatic carbocycles. The maximum Gasteiger partial charge on any atom is 0.212 e. The summed E-state index contributed by atoms with van der Waals surface area (Å²) in [6.07, 6.45) is 5.73. The second kappa shape index (κ2) is 9.07. The van der Waals surface area contributed by atoms with Crippen molar-refractivity contribution in [3.8, 4) is 0 Å². The van der Waals surface area contributed by atoms with E-state index in [4.69, 9.17) is 14.2 Å². The number of aliphatic hydroxyl groups excluding tert-OH is 1. The summed E-state index contributed by atoms with van der Waals surface area (Å²) in [6.45, 7) is 5.81. The average Bonchev–Trinajstić information content (AvgIpc) is 2.72. The number of benzene rings is 1. The standard InChI is InChI=1S/C22H30N2O4/c1-16(25)3-2-4-17-5-6-20-18(11-17)7-8-24-15-23-22(12-21(20)24)28-14-19-13-26-9-10-27-19/h5-6,11-12,16,19,25H,2-4,7-10,13-15H2,1H3/t16?,19-/m0/s1. The lowest BCUT2D eigenvalue weighted by molar-refractivity contribution is -0.103. The van der Waals surface area contributed by atoms with E-state index in [2.05, 4.69) is 34.2 Å². The molecule has 6 nitrogen and oxygen atoms in total. The molecule has 0 radical (unpaired) electrons. The van der Waals surface area contributed by atoms with Gasteiger partial charge in [-0.1, -0.05) is 18.2 Å². The summed E-state index contributed by atoms with van der Waals surface area (Å²) >= 11 is 0. The molecule has 0 amide bonds. The molecule has 1 N–H and O–H groups in total. The van der Waals surface area contributed by atoms with E-state index >= 15 is 0 Å². The fraction of sp³-hybridized carbons (Fsp3) is 0.591. The highest BCUT2D eigenvalue weighted by Crippen LogP contribution is 2.31. The number of rotatable bonds is 6. The van der Waals surface area contributed by atoms with E-state index in [-0.39, 0.29) is 12.2 Å². The van der Waals surface area contributed by atoms with Crippen LogP contribution >= 0.6 is 0 Å². The Bertz CT molecular complexity index is 738. The normalized spacial score (nSPS) is 22.6. The Morgan fingerprint density at radius 3 is 3.11 bits per heavy atom. The molecule has 2 atom stereocenters. The molecule has 0 aromatic heterocycles. The molecule has 152 valence electrons. The summed E-state index contributed by atoms with van der Waals surface area (Å²) in [6, 6.07) is 6.77. The minimum atomic E-state index is -0.220. The molecule has 1 fully saturated rings. The molecule has 4 rings (SSSR count). The molecule has 1 unspecified atom stereocenters. The third kappa shape index (κ3) is 4.74. The molecule has 28 heavy (non-hydrogen) atoms. The van der Waals surface area contributed by atoms with Gasteiger partial charge in [0.1, 0.15) is 19.4 Å². The summed E-state index contributed by atoms with van der Waals surface area (Å²) < 4.78 is 17.0. The molecule has 6 heteroatoms. The third-order valence-corrected chi connectivity index (χ3v) is 5.48. The first kappa shape index (κ1) is 19.4. The zero-order chi connectivity index (χ0) is 19.3. The molecule has 1 saturated heterocycles. The molecule has 0 saturated carbocycles. The minimum absolute atomic E-state index is 0.0179. The van der Waals surface area contributed by atoms with Gasteiger partial charge in [0.15, 0.2) is 0 Å². The number of aliphatic imine (C=N–C) groups is 1. The Labute approximate surface area is 166 Å². The van der Waals surface area contributed by atoms with Crippen molar-refractivity contribution >= 4 is 11.6 Å². The number of aliphatic hydroxyl groups is 1. The smallest absolute Gasteiger partial charge is 0.212 e. The molecule has 3 heterocycles. The number of hydrogen-bond donors (Lipinski definition) is 1. The first-order valence-corrected chi connectivity index (χ1v) is 10.3. The number of fused-ring (bicyclic) bond motifs is 3. The number of ether oxygens (including phenoxy) is 3. The van der Waals surface area contributed by atoms with Crippen LogP contribution in [-0.2, 0) is 27.1 Å². The molecule has 3 aliphatic heterocycles. The van der Waals surface area contributed by atoms with Crippen LogP contribution in [0.3, 0.4) is 0 Å². The van der Waals surface area contributed by atoms with Crippen LogP contribution in [0.1, 0.15) is 36.5 Å². The fourth-order valence-corrected chi connectivity index (χ4v) is 3.94. The Kier molecular flexibility index (Phi) is 6.29. The van der Waals surface area contributed by atoms with Gasteiger partial charge in [-0.2, -0.15) is 0 Å². The largest absolute Gasteiger partial charge is 0.475 e. The minimum Gasteiger partial charge on any atom is -0.475 e. The van der Waals surface area contributed by atoms with E-state index in [9.17, 15) is 5.11 Å². The third-order valence-electron chi connectivity index (χ3n) is 5.48. The topological polar surface area (TPSA) is 63.5 Å². The van der Waals surface area contributed by atoms with E-state index in [1.165, 1.54) is 22.4 Å². The second-order valence-corrected chi connectivity index (χ2v) is 7.79. The predicted octanol–water partition coefficient (Wildman–Crippen LogP) is 2.39. The van der Waals surface area contributed by atoms with E-state index in [0.29, 0.717) is 39.0 Å². The van der Waals surface area contributed by atoms with E-state index in [0.717, 1.165) is 32.2 Å². The zero-order valence-corrected chi connectivity index (χ0v) is 16.6. The van der Waals surface area contributed by atoms with Crippen molar-refractivity contribution in [1.82, 2.24) is 4.90 Å². The van der Waals surface area contributed by atoms with Crippen molar-refractivity contribution in [2.45, 2.75) is 44.8 Å². The Balaban J connectivity index is 1.42. The van der Waals surface area contributed by atoms with E-state index in [1.54, 1.807) is 0 Å².